The molecule has 0 radical (unpaired) electrons. The van der Waals surface area contributed by atoms with Crippen molar-refractivity contribution in [1.29, 1.82) is 0 Å². The average Bonchev–Trinajstić information content (AvgIpc) is 2.96. The normalized spacial score (nSPS) is 10.4. The van der Waals surface area contributed by atoms with Gasteiger partial charge in [-0.05, 0) is 31.5 Å². The third kappa shape index (κ3) is 4.36. The third-order valence-electron chi connectivity index (χ3n) is 3.50. The van der Waals surface area contributed by atoms with Crippen LogP contribution in [0.4, 0.5) is 11.4 Å². The number of benzene rings is 1. The molecule has 0 aliphatic heterocycles. The molecule has 134 valence electrons. The summed E-state index contributed by atoms with van der Waals surface area (Å²) in [7, 11) is 2.92. The molecule has 8 nitrogen and oxygen atoms in total. The highest BCUT2D eigenvalue weighted by molar-refractivity contribution is 6.06. The monoisotopic (exact) mass is 347 g/mol. The number of aryl methyl sites for hydroxylation is 2. The molecule has 1 heterocycles. The Morgan fingerprint density at radius 3 is 2.64 bits per heavy atom. The first-order chi connectivity index (χ1) is 12.0. The first-order valence-electron chi connectivity index (χ1n) is 7.73. The molecule has 0 atom stereocenters. The third-order valence-corrected chi connectivity index (χ3v) is 3.50. The molecule has 1 aromatic carbocycles. The molecule has 0 aliphatic rings. The lowest BCUT2D eigenvalue weighted by atomic mass is 10.1. The van der Waals surface area contributed by atoms with Crippen molar-refractivity contribution < 1.29 is 23.6 Å². The van der Waals surface area contributed by atoms with Crippen LogP contribution in [0.25, 0.3) is 0 Å². The summed E-state index contributed by atoms with van der Waals surface area (Å²) in [4.78, 5) is 24.2. The maximum absolute atomic E-state index is 12.5. The summed E-state index contributed by atoms with van der Waals surface area (Å²) in [6.07, 6.45) is 0.584. The van der Waals surface area contributed by atoms with Crippen LogP contribution < -0.4 is 15.4 Å². The van der Waals surface area contributed by atoms with Gasteiger partial charge in [0.25, 0.3) is 5.91 Å². The summed E-state index contributed by atoms with van der Waals surface area (Å²) in [5.41, 5.74) is 1.95. The van der Waals surface area contributed by atoms with Gasteiger partial charge in [-0.25, -0.2) is 0 Å². The number of amides is 2. The van der Waals surface area contributed by atoms with Crippen molar-refractivity contribution in [2.24, 2.45) is 0 Å². The first kappa shape index (κ1) is 18.5. The molecule has 0 aliphatic carbocycles. The van der Waals surface area contributed by atoms with Gasteiger partial charge in [0.1, 0.15) is 23.7 Å². The highest BCUT2D eigenvalue weighted by Crippen LogP contribution is 2.28. The van der Waals surface area contributed by atoms with Gasteiger partial charge in [0.15, 0.2) is 0 Å². The maximum Gasteiger partial charge on any atom is 0.261 e. The minimum absolute atomic E-state index is 0.0838. The number of carbonyl (C=O) groups is 2. The molecule has 2 N–H and O–H groups in total. The standard InChI is InChI=1S/C17H21N3O5/c1-5-12-16(10(2)25-20-12)17(22)18-11-6-7-14(24-4)13(8-11)19-15(21)9-23-3/h6-8H,5,9H2,1-4H3,(H,18,22)(H,19,21). The van der Waals surface area contributed by atoms with Crippen LogP contribution in [-0.4, -0.2) is 37.8 Å². The van der Waals surface area contributed by atoms with Gasteiger partial charge >= 0.3 is 0 Å². The van der Waals surface area contributed by atoms with Gasteiger partial charge < -0.3 is 24.6 Å². The second-order valence-corrected chi connectivity index (χ2v) is 5.26. The summed E-state index contributed by atoms with van der Waals surface area (Å²) >= 11 is 0. The maximum atomic E-state index is 12.5. The van der Waals surface area contributed by atoms with Crippen molar-refractivity contribution in [1.82, 2.24) is 5.16 Å². The number of ether oxygens (including phenoxy) is 2. The Morgan fingerprint density at radius 2 is 2.00 bits per heavy atom. The quantitative estimate of drug-likeness (QED) is 0.797. The number of carbonyl (C=O) groups excluding carboxylic acids is 2. The van der Waals surface area contributed by atoms with Gasteiger partial charge in [0, 0.05) is 12.8 Å². The summed E-state index contributed by atoms with van der Waals surface area (Å²) in [6.45, 7) is 3.50. The fourth-order valence-corrected chi connectivity index (χ4v) is 2.34. The van der Waals surface area contributed by atoms with Gasteiger partial charge in [0.2, 0.25) is 5.91 Å². The largest absolute Gasteiger partial charge is 0.495 e. The van der Waals surface area contributed by atoms with E-state index < -0.39 is 0 Å². The lowest BCUT2D eigenvalue weighted by Crippen LogP contribution is -2.18. The van der Waals surface area contributed by atoms with E-state index in [1.165, 1.54) is 14.2 Å². The van der Waals surface area contributed by atoms with E-state index in [1.54, 1.807) is 25.1 Å². The van der Waals surface area contributed by atoms with E-state index in [9.17, 15) is 9.59 Å². The Hall–Kier alpha value is -2.87. The van der Waals surface area contributed by atoms with Crippen molar-refractivity contribution in [2.45, 2.75) is 20.3 Å². The number of nitrogens with one attached hydrogen (secondary N) is 2. The predicted molar refractivity (Wildman–Crippen MR) is 92.1 cm³/mol. The number of rotatable bonds is 7. The molecule has 0 saturated heterocycles. The first-order valence-corrected chi connectivity index (χ1v) is 7.73. The molecule has 0 spiro atoms. The Kier molecular flexibility index (Phi) is 6.13. The number of hydrogen-bond acceptors (Lipinski definition) is 6. The predicted octanol–water partition coefficient (Wildman–Crippen LogP) is 2.39. The topological polar surface area (TPSA) is 103 Å². The molecule has 1 aromatic heterocycles. The van der Waals surface area contributed by atoms with E-state index in [0.717, 1.165) is 0 Å². The Morgan fingerprint density at radius 1 is 1.24 bits per heavy atom. The van der Waals surface area contributed by atoms with Crippen molar-refractivity contribution in [3.8, 4) is 5.75 Å². The number of aromatic nitrogens is 1. The van der Waals surface area contributed by atoms with Gasteiger partial charge in [-0.2, -0.15) is 0 Å². The highest BCUT2D eigenvalue weighted by atomic mass is 16.5. The zero-order valence-corrected chi connectivity index (χ0v) is 14.6. The molecule has 0 bridgehead atoms. The molecule has 2 amide bonds. The number of anilines is 2. The van der Waals surface area contributed by atoms with E-state index in [1.807, 2.05) is 6.92 Å². The lowest BCUT2D eigenvalue weighted by Gasteiger charge is -2.12. The van der Waals surface area contributed by atoms with Gasteiger partial charge in [0.05, 0.1) is 18.5 Å². The molecule has 8 heteroatoms. The number of nitrogens with zero attached hydrogens (tertiary/aromatic N) is 1. The van der Waals surface area contributed by atoms with Crippen LogP contribution in [0.5, 0.6) is 5.75 Å². The SMILES string of the molecule is CCc1noc(C)c1C(=O)Nc1ccc(OC)c(NC(=O)COC)c1. The average molecular weight is 347 g/mol. The van der Waals surface area contributed by atoms with Crippen LogP contribution in [-0.2, 0) is 16.0 Å². The Labute approximate surface area is 145 Å². The smallest absolute Gasteiger partial charge is 0.261 e. The van der Waals surface area contributed by atoms with Crippen LogP contribution in [0.15, 0.2) is 22.7 Å². The van der Waals surface area contributed by atoms with Crippen molar-refractivity contribution in [2.75, 3.05) is 31.5 Å². The number of hydrogen-bond donors (Lipinski definition) is 2. The molecule has 2 rings (SSSR count). The second-order valence-electron chi connectivity index (χ2n) is 5.26. The second kappa shape index (κ2) is 8.29. The van der Waals surface area contributed by atoms with E-state index in [4.69, 9.17) is 14.0 Å². The Balaban J connectivity index is 2.23. The van der Waals surface area contributed by atoms with E-state index in [0.29, 0.717) is 40.6 Å². The Bertz CT molecular complexity index is 770. The fourth-order valence-electron chi connectivity index (χ4n) is 2.34. The van der Waals surface area contributed by atoms with Crippen LogP contribution in [0.2, 0.25) is 0 Å². The summed E-state index contributed by atoms with van der Waals surface area (Å²) in [5, 5.41) is 9.33. The minimum Gasteiger partial charge on any atom is -0.495 e. The van der Waals surface area contributed by atoms with Crippen LogP contribution in [0.3, 0.4) is 0 Å². The van der Waals surface area contributed by atoms with Crippen LogP contribution in [0, 0.1) is 6.92 Å². The van der Waals surface area contributed by atoms with Crippen molar-refractivity contribution in [3.05, 3.63) is 35.2 Å². The van der Waals surface area contributed by atoms with Crippen molar-refractivity contribution >= 4 is 23.2 Å². The molecule has 25 heavy (non-hydrogen) atoms. The minimum atomic E-state index is -0.326. The van der Waals surface area contributed by atoms with Crippen molar-refractivity contribution in [3.63, 3.8) is 0 Å². The lowest BCUT2D eigenvalue weighted by molar-refractivity contribution is -0.119. The molecule has 0 fully saturated rings. The van der Waals surface area contributed by atoms with Crippen LogP contribution >= 0.6 is 0 Å². The molecule has 0 unspecified atom stereocenters. The molecular formula is C17H21N3O5. The molecule has 0 saturated carbocycles. The summed E-state index contributed by atoms with van der Waals surface area (Å²) < 4.78 is 15.1. The zero-order chi connectivity index (χ0) is 18.4. The van der Waals surface area contributed by atoms with Gasteiger partial charge in [-0.1, -0.05) is 12.1 Å². The fraction of sp³-hybridized carbons (Fsp3) is 0.353. The zero-order valence-electron chi connectivity index (χ0n) is 14.6. The summed E-state index contributed by atoms with van der Waals surface area (Å²) in [5.74, 6) is 0.275. The van der Waals surface area contributed by atoms with Crippen LogP contribution in [0.1, 0.15) is 28.7 Å². The van der Waals surface area contributed by atoms with Gasteiger partial charge in [-0.15, -0.1) is 0 Å². The highest BCUT2D eigenvalue weighted by Gasteiger charge is 2.19. The molecule has 2 aromatic rings. The van der Waals surface area contributed by atoms with Gasteiger partial charge in [-0.3, -0.25) is 9.59 Å². The van der Waals surface area contributed by atoms with E-state index >= 15 is 0 Å². The van der Waals surface area contributed by atoms with E-state index in [2.05, 4.69) is 15.8 Å². The molecular weight excluding hydrogens is 326 g/mol. The number of methoxy groups -OCH3 is 2. The van der Waals surface area contributed by atoms with E-state index in [-0.39, 0.29) is 18.4 Å². The summed E-state index contributed by atoms with van der Waals surface area (Å²) in [6, 6.07) is 4.94.